The van der Waals surface area contributed by atoms with Crippen LogP contribution in [0.15, 0.2) is 54.6 Å². The topological polar surface area (TPSA) is 49.4 Å². The number of aryl methyl sites for hydroxylation is 1. The Bertz CT molecular complexity index is 750. The molecule has 0 aromatic heterocycles. The number of rotatable bonds is 5. The Labute approximate surface area is 155 Å². The first-order chi connectivity index (χ1) is 12.6. The number of urea groups is 1. The van der Waals surface area contributed by atoms with Crippen LogP contribution in [0.1, 0.15) is 34.3 Å². The largest absolute Gasteiger partial charge is 0.338 e. The molecule has 1 aliphatic heterocycles. The summed E-state index contributed by atoms with van der Waals surface area (Å²) in [6.07, 6.45) is 2.30. The molecule has 0 bridgehead atoms. The number of hydrogen-bond donors (Lipinski definition) is 1. The lowest BCUT2D eigenvalue weighted by Gasteiger charge is -2.31. The van der Waals surface area contributed by atoms with E-state index in [0.717, 1.165) is 24.8 Å². The summed E-state index contributed by atoms with van der Waals surface area (Å²) in [4.78, 5) is 26.7. The Morgan fingerprint density at radius 3 is 2.35 bits per heavy atom. The molecule has 136 valence electrons. The maximum atomic E-state index is 12.5. The van der Waals surface area contributed by atoms with Gasteiger partial charge >= 0.3 is 6.03 Å². The smallest absolute Gasteiger partial charge is 0.317 e. The molecule has 1 aliphatic rings. The van der Waals surface area contributed by atoms with E-state index in [1.807, 2.05) is 47.4 Å². The van der Waals surface area contributed by atoms with Crippen LogP contribution in [0.2, 0.25) is 0 Å². The van der Waals surface area contributed by atoms with Gasteiger partial charge in [0.25, 0.3) is 0 Å². The third-order valence-electron chi connectivity index (χ3n) is 5.14. The number of Topliss-reactive ketones (excluding diaryl/α,β-unsaturated/α-hetero) is 1. The van der Waals surface area contributed by atoms with Crippen LogP contribution in [0.4, 0.5) is 4.79 Å². The Hall–Kier alpha value is -2.62. The molecule has 2 aromatic rings. The highest BCUT2D eigenvalue weighted by atomic mass is 16.2. The van der Waals surface area contributed by atoms with Gasteiger partial charge in [-0.1, -0.05) is 54.6 Å². The van der Waals surface area contributed by atoms with Gasteiger partial charge in [0, 0.05) is 31.1 Å². The normalized spacial score (nSPS) is 14.9. The van der Waals surface area contributed by atoms with Gasteiger partial charge < -0.3 is 10.2 Å². The number of amides is 2. The number of piperidine rings is 1. The molecule has 0 unspecified atom stereocenters. The van der Waals surface area contributed by atoms with E-state index < -0.39 is 0 Å². The first kappa shape index (κ1) is 18.2. The summed E-state index contributed by atoms with van der Waals surface area (Å²) in [6, 6.07) is 17.7. The SMILES string of the molecule is Cc1ccccc1CCNC(=O)N1CCC(C(=O)c2ccccc2)CC1. The zero-order valence-electron chi connectivity index (χ0n) is 15.3. The quantitative estimate of drug-likeness (QED) is 0.833. The van der Waals surface area contributed by atoms with Crippen molar-refractivity contribution in [2.75, 3.05) is 19.6 Å². The Kier molecular flexibility index (Phi) is 6.05. The second-order valence-electron chi connectivity index (χ2n) is 6.90. The van der Waals surface area contributed by atoms with Gasteiger partial charge in [0.1, 0.15) is 0 Å². The number of likely N-dealkylation sites (tertiary alicyclic amines) is 1. The molecule has 1 saturated heterocycles. The molecule has 0 radical (unpaired) electrons. The number of ketones is 1. The third kappa shape index (κ3) is 4.51. The van der Waals surface area contributed by atoms with E-state index in [4.69, 9.17) is 0 Å². The number of nitrogens with zero attached hydrogens (tertiary/aromatic N) is 1. The van der Waals surface area contributed by atoms with Gasteiger partial charge in [-0.15, -0.1) is 0 Å². The van der Waals surface area contributed by atoms with Crippen LogP contribution in [-0.4, -0.2) is 36.3 Å². The molecular weight excluding hydrogens is 324 g/mol. The van der Waals surface area contributed by atoms with Crippen molar-refractivity contribution in [2.24, 2.45) is 5.92 Å². The second kappa shape index (κ2) is 8.65. The summed E-state index contributed by atoms with van der Waals surface area (Å²) in [5, 5.41) is 3.01. The predicted octanol–water partition coefficient (Wildman–Crippen LogP) is 3.84. The number of benzene rings is 2. The van der Waals surface area contributed by atoms with Gasteiger partial charge in [0.05, 0.1) is 0 Å². The standard InChI is InChI=1S/C22H26N2O2/c1-17-7-5-6-8-18(17)11-14-23-22(26)24-15-12-20(13-16-24)21(25)19-9-3-2-4-10-19/h2-10,20H,11-16H2,1H3,(H,23,26). The monoisotopic (exact) mass is 350 g/mol. The Morgan fingerprint density at radius 2 is 1.65 bits per heavy atom. The van der Waals surface area contributed by atoms with Crippen molar-refractivity contribution in [1.29, 1.82) is 0 Å². The van der Waals surface area contributed by atoms with Crippen LogP contribution in [-0.2, 0) is 6.42 Å². The molecule has 2 amide bonds. The highest BCUT2D eigenvalue weighted by molar-refractivity contribution is 5.97. The molecule has 0 saturated carbocycles. The van der Waals surface area contributed by atoms with Crippen molar-refractivity contribution in [3.05, 3.63) is 71.3 Å². The fraction of sp³-hybridized carbons (Fsp3) is 0.364. The maximum Gasteiger partial charge on any atom is 0.317 e. The first-order valence-electron chi connectivity index (χ1n) is 9.31. The van der Waals surface area contributed by atoms with Crippen molar-refractivity contribution < 1.29 is 9.59 Å². The fourth-order valence-electron chi connectivity index (χ4n) is 3.49. The molecular formula is C22H26N2O2. The molecule has 0 aliphatic carbocycles. The van der Waals surface area contributed by atoms with Crippen molar-refractivity contribution in [2.45, 2.75) is 26.2 Å². The highest BCUT2D eigenvalue weighted by Gasteiger charge is 2.27. The van der Waals surface area contributed by atoms with Crippen LogP contribution in [0.5, 0.6) is 0 Å². The summed E-state index contributed by atoms with van der Waals surface area (Å²) in [6.45, 7) is 4.00. The van der Waals surface area contributed by atoms with Gasteiger partial charge in [0.15, 0.2) is 5.78 Å². The molecule has 2 aromatic carbocycles. The maximum absolute atomic E-state index is 12.5. The minimum absolute atomic E-state index is 0.0217. The summed E-state index contributed by atoms with van der Waals surface area (Å²) < 4.78 is 0. The first-order valence-corrected chi connectivity index (χ1v) is 9.31. The lowest BCUT2D eigenvalue weighted by Crippen LogP contribution is -2.46. The molecule has 4 heteroatoms. The van der Waals surface area contributed by atoms with E-state index in [1.54, 1.807) is 0 Å². The van der Waals surface area contributed by atoms with Crippen LogP contribution in [0.3, 0.4) is 0 Å². The van der Waals surface area contributed by atoms with E-state index in [0.29, 0.717) is 19.6 Å². The number of nitrogens with one attached hydrogen (secondary N) is 1. The zero-order valence-corrected chi connectivity index (χ0v) is 15.3. The zero-order chi connectivity index (χ0) is 18.4. The van der Waals surface area contributed by atoms with E-state index in [-0.39, 0.29) is 17.7 Å². The van der Waals surface area contributed by atoms with E-state index in [2.05, 4.69) is 24.4 Å². The number of carbonyl (C=O) groups is 2. The van der Waals surface area contributed by atoms with E-state index >= 15 is 0 Å². The van der Waals surface area contributed by atoms with Crippen LogP contribution < -0.4 is 5.32 Å². The second-order valence-corrected chi connectivity index (χ2v) is 6.90. The average molecular weight is 350 g/mol. The minimum atomic E-state index is -0.0239. The van der Waals surface area contributed by atoms with Gasteiger partial charge in [-0.25, -0.2) is 4.79 Å². The summed E-state index contributed by atoms with van der Waals surface area (Å²) in [5.74, 6) is 0.221. The lowest BCUT2D eigenvalue weighted by atomic mass is 9.89. The number of carbonyl (C=O) groups excluding carboxylic acids is 2. The summed E-state index contributed by atoms with van der Waals surface area (Å²) in [5.41, 5.74) is 3.29. The summed E-state index contributed by atoms with van der Waals surface area (Å²) in [7, 11) is 0. The molecule has 1 N–H and O–H groups in total. The Morgan fingerprint density at radius 1 is 1.00 bits per heavy atom. The third-order valence-corrected chi connectivity index (χ3v) is 5.14. The lowest BCUT2D eigenvalue weighted by molar-refractivity contribution is 0.0854. The molecule has 26 heavy (non-hydrogen) atoms. The fourth-order valence-corrected chi connectivity index (χ4v) is 3.49. The highest BCUT2D eigenvalue weighted by Crippen LogP contribution is 2.21. The van der Waals surface area contributed by atoms with Gasteiger partial charge in [-0.3, -0.25) is 4.79 Å². The van der Waals surface area contributed by atoms with Crippen LogP contribution >= 0.6 is 0 Å². The van der Waals surface area contributed by atoms with Crippen molar-refractivity contribution in [3.63, 3.8) is 0 Å². The van der Waals surface area contributed by atoms with Gasteiger partial charge in [-0.2, -0.15) is 0 Å². The molecule has 4 nitrogen and oxygen atoms in total. The number of hydrogen-bond acceptors (Lipinski definition) is 2. The van der Waals surface area contributed by atoms with Crippen LogP contribution in [0.25, 0.3) is 0 Å². The van der Waals surface area contributed by atoms with Crippen LogP contribution in [0, 0.1) is 12.8 Å². The molecule has 3 rings (SSSR count). The van der Waals surface area contributed by atoms with E-state index in [1.165, 1.54) is 11.1 Å². The minimum Gasteiger partial charge on any atom is -0.338 e. The van der Waals surface area contributed by atoms with Crippen molar-refractivity contribution >= 4 is 11.8 Å². The van der Waals surface area contributed by atoms with Gasteiger partial charge in [-0.05, 0) is 37.3 Å². The molecule has 0 spiro atoms. The average Bonchev–Trinajstić information content (AvgIpc) is 2.69. The predicted molar refractivity (Wildman–Crippen MR) is 103 cm³/mol. The molecule has 1 heterocycles. The molecule has 0 atom stereocenters. The van der Waals surface area contributed by atoms with E-state index in [9.17, 15) is 9.59 Å². The van der Waals surface area contributed by atoms with Crippen molar-refractivity contribution in [1.82, 2.24) is 10.2 Å². The molecule has 1 fully saturated rings. The summed E-state index contributed by atoms with van der Waals surface area (Å²) >= 11 is 0. The van der Waals surface area contributed by atoms with Crippen molar-refractivity contribution in [3.8, 4) is 0 Å². The Balaban J connectivity index is 1.43. The van der Waals surface area contributed by atoms with Gasteiger partial charge in [0.2, 0.25) is 0 Å².